The molecule has 3 aromatic carbocycles. The van der Waals surface area contributed by atoms with Crippen molar-refractivity contribution in [1.29, 1.82) is 0 Å². The van der Waals surface area contributed by atoms with Gasteiger partial charge in [-0.2, -0.15) is 0 Å². The number of amides is 1. The molecule has 0 bridgehead atoms. The van der Waals surface area contributed by atoms with Gasteiger partial charge in [0.25, 0.3) is 10.0 Å². The predicted octanol–water partition coefficient (Wildman–Crippen LogP) is 5.49. The molecule has 0 saturated heterocycles. The molecule has 0 aromatic heterocycles. The number of benzene rings is 3. The summed E-state index contributed by atoms with van der Waals surface area (Å²) in [6.45, 7) is 1.26. The number of rotatable bonds is 7. The third-order valence-corrected chi connectivity index (χ3v) is 6.70. The smallest absolute Gasteiger partial charge is 0.406 e. The molecule has 0 fully saturated rings. The Morgan fingerprint density at radius 1 is 0.970 bits per heavy atom. The van der Waals surface area contributed by atoms with Crippen molar-refractivity contribution in [1.82, 2.24) is 0 Å². The van der Waals surface area contributed by atoms with Gasteiger partial charge >= 0.3 is 6.36 Å². The van der Waals surface area contributed by atoms with Crippen LogP contribution in [0.3, 0.4) is 0 Å². The summed E-state index contributed by atoms with van der Waals surface area (Å²) >= 11 is 3.29. The molecule has 1 N–H and O–H groups in total. The van der Waals surface area contributed by atoms with Gasteiger partial charge in [0, 0.05) is 10.2 Å². The lowest BCUT2D eigenvalue weighted by Crippen LogP contribution is -2.38. The van der Waals surface area contributed by atoms with Crippen molar-refractivity contribution in [3.8, 4) is 5.75 Å². The minimum Gasteiger partial charge on any atom is -0.406 e. The second-order valence-electron chi connectivity index (χ2n) is 6.92. The van der Waals surface area contributed by atoms with Crippen molar-refractivity contribution in [2.75, 3.05) is 16.2 Å². The number of hydrogen-bond donors (Lipinski definition) is 1. The maximum Gasteiger partial charge on any atom is 0.573 e. The van der Waals surface area contributed by atoms with E-state index in [-0.39, 0.29) is 16.3 Å². The van der Waals surface area contributed by atoms with Gasteiger partial charge in [-0.1, -0.05) is 33.6 Å². The van der Waals surface area contributed by atoms with Crippen molar-refractivity contribution in [2.24, 2.45) is 0 Å². The molecule has 0 aliphatic rings. The van der Waals surface area contributed by atoms with E-state index < -0.39 is 34.6 Å². The Bertz CT molecular complexity index is 1210. The Morgan fingerprint density at radius 2 is 1.55 bits per heavy atom. The van der Waals surface area contributed by atoms with Crippen LogP contribution in [-0.2, 0) is 14.8 Å². The Labute approximate surface area is 197 Å². The number of aryl methyl sites for hydroxylation is 1. The highest BCUT2D eigenvalue weighted by Crippen LogP contribution is 2.27. The summed E-state index contributed by atoms with van der Waals surface area (Å²) in [5.41, 5.74) is 1.32. The molecular formula is C22H18BrF3N2O4S. The number of carbonyl (C=O) groups excluding carboxylic acids is 1. The van der Waals surface area contributed by atoms with Gasteiger partial charge in [-0.15, -0.1) is 13.2 Å². The first kappa shape index (κ1) is 24.6. The molecule has 3 aromatic rings. The van der Waals surface area contributed by atoms with Crippen LogP contribution in [0.2, 0.25) is 0 Å². The zero-order chi connectivity index (χ0) is 24.2. The van der Waals surface area contributed by atoms with Crippen molar-refractivity contribution in [2.45, 2.75) is 18.2 Å². The zero-order valence-electron chi connectivity index (χ0n) is 17.1. The molecule has 0 aliphatic carbocycles. The number of ether oxygens (including phenoxy) is 1. The highest BCUT2D eigenvalue weighted by Gasteiger charge is 2.31. The van der Waals surface area contributed by atoms with Crippen LogP contribution in [-0.4, -0.2) is 27.2 Å². The maximum absolute atomic E-state index is 13.3. The zero-order valence-corrected chi connectivity index (χ0v) is 19.5. The largest absolute Gasteiger partial charge is 0.573 e. The Hall–Kier alpha value is -3.05. The lowest BCUT2D eigenvalue weighted by molar-refractivity contribution is -0.274. The normalized spacial score (nSPS) is 11.7. The molecule has 0 aliphatic heterocycles. The minimum absolute atomic E-state index is 0.0115. The van der Waals surface area contributed by atoms with E-state index in [1.807, 2.05) is 6.92 Å². The van der Waals surface area contributed by atoms with Crippen molar-refractivity contribution in [3.05, 3.63) is 82.8 Å². The third kappa shape index (κ3) is 6.72. The molecule has 11 heteroatoms. The molecule has 0 heterocycles. The average molecular weight is 543 g/mol. The standard InChI is InChI=1S/C22H18BrF3N2O4S/c1-15-2-12-20(13-3-15)33(30,31)28(18-8-4-16(23)5-9-18)14-21(29)27-17-6-10-19(11-7-17)32-22(24,25)26/h2-13H,14H2,1H3,(H,27,29). The minimum atomic E-state index is -4.83. The predicted molar refractivity (Wildman–Crippen MR) is 122 cm³/mol. The summed E-state index contributed by atoms with van der Waals surface area (Å²) in [5.74, 6) is -1.13. The van der Waals surface area contributed by atoms with Gasteiger partial charge in [-0.25, -0.2) is 8.42 Å². The molecule has 0 radical (unpaired) electrons. The van der Waals surface area contributed by atoms with Crippen LogP contribution in [0, 0.1) is 6.92 Å². The molecule has 0 unspecified atom stereocenters. The van der Waals surface area contributed by atoms with Gasteiger partial charge in [0.2, 0.25) is 5.91 Å². The second kappa shape index (κ2) is 9.84. The Kier molecular flexibility index (Phi) is 7.33. The first-order chi connectivity index (χ1) is 15.4. The number of nitrogens with zero attached hydrogens (tertiary/aromatic N) is 1. The molecule has 0 saturated carbocycles. The van der Waals surface area contributed by atoms with Gasteiger partial charge in [0.1, 0.15) is 12.3 Å². The highest BCUT2D eigenvalue weighted by atomic mass is 79.9. The fourth-order valence-corrected chi connectivity index (χ4v) is 4.52. The van der Waals surface area contributed by atoms with E-state index >= 15 is 0 Å². The van der Waals surface area contributed by atoms with E-state index in [1.165, 1.54) is 24.3 Å². The molecule has 6 nitrogen and oxygen atoms in total. The number of carbonyl (C=O) groups is 1. The van der Waals surface area contributed by atoms with Crippen molar-refractivity contribution in [3.63, 3.8) is 0 Å². The van der Waals surface area contributed by atoms with Crippen LogP contribution >= 0.6 is 15.9 Å². The lowest BCUT2D eigenvalue weighted by Gasteiger charge is -2.24. The summed E-state index contributed by atoms with van der Waals surface area (Å²) in [7, 11) is -4.09. The number of sulfonamides is 1. The molecule has 3 rings (SSSR count). The molecule has 174 valence electrons. The molecule has 0 atom stereocenters. The SMILES string of the molecule is Cc1ccc(S(=O)(=O)N(CC(=O)Nc2ccc(OC(F)(F)F)cc2)c2ccc(Br)cc2)cc1. The number of nitrogens with one attached hydrogen (secondary N) is 1. The summed E-state index contributed by atoms with van der Waals surface area (Å²) < 4.78 is 69.0. The van der Waals surface area contributed by atoms with Crippen LogP contribution in [0.15, 0.2) is 82.2 Å². The quantitative estimate of drug-likeness (QED) is 0.428. The maximum atomic E-state index is 13.3. The van der Waals surface area contributed by atoms with E-state index in [9.17, 15) is 26.4 Å². The van der Waals surface area contributed by atoms with E-state index in [2.05, 4.69) is 26.0 Å². The second-order valence-corrected chi connectivity index (χ2v) is 9.70. The summed E-state index contributed by atoms with van der Waals surface area (Å²) in [6, 6.07) is 17.1. The molecule has 1 amide bonds. The number of hydrogen-bond acceptors (Lipinski definition) is 4. The van der Waals surface area contributed by atoms with Crippen LogP contribution in [0.25, 0.3) is 0 Å². The molecule has 33 heavy (non-hydrogen) atoms. The average Bonchev–Trinajstić information content (AvgIpc) is 2.73. The van der Waals surface area contributed by atoms with Gasteiger partial charge in [-0.05, 0) is 67.6 Å². The van der Waals surface area contributed by atoms with Gasteiger partial charge < -0.3 is 10.1 Å². The van der Waals surface area contributed by atoms with Crippen molar-refractivity contribution >= 4 is 43.2 Å². The fourth-order valence-electron chi connectivity index (χ4n) is 2.83. The van der Waals surface area contributed by atoms with E-state index in [0.29, 0.717) is 0 Å². The Balaban J connectivity index is 1.83. The van der Waals surface area contributed by atoms with Crippen LogP contribution in [0.5, 0.6) is 5.75 Å². The Morgan fingerprint density at radius 3 is 2.09 bits per heavy atom. The highest BCUT2D eigenvalue weighted by molar-refractivity contribution is 9.10. The van der Waals surface area contributed by atoms with Crippen LogP contribution in [0.4, 0.5) is 24.5 Å². The summed E-state index contributed by atoms with van der Waals surface area (Å²) in [5, 5.41) is 2.49. The van der Waals surface area contributed by atoms with Crippen molar-refractivity contribution < 1.29 is 31.1 Å². The number of alkyl halides is 3. The summed E-state index contributed by atoms with van der Waals surface area (Å²) in [6.07, 6.45) is -4.83. The van der Waals surface area contributed by atoms with Gasteiger partial charge in [-0.3, -0.25) is 9.10 Å². The van der Waals surface area contributed by atoms with Gasteiger partial charge in [0.05, 0.1) is 10.6 Å². The van der Waals surface area contributed by atoms with E-state index in [0.717, 1.165) is 26.5 Å². The lowest BCUT2D eigenvalue weighted by atomic mass is 10.2. The number of anilines is 2. The van der Waals surface area contributed by atoms with Crippen LogP contribution in [0.1, 0.15) is 5.56 Å². The third-order valence-electron chi connectivity index (χ3n) is 4.38. The fraction of sp³-hybridized carbons (Fsp3) is 0.136. The monoisotopic (exact) mass is 542 g/mol. The first-order valence-electron chi connectivity index (χ1n) is 9.45. The number of halogens is 4. The first-order valence-corrected chi connectivity index (χ1v) is 11.7. The van der Waals surface area contributed by atoms with Gasteiger partial charge in [0.15, 0.2) is 0 Å². The summed E-state index contributed by atoms with van der Waals surface area (Å²) in [4.78, 5) is 12.7. The van der Waals surface area contributed by atoms with Crippen LogP contribution < -0.4 is 14.4 Å². The molecular weight excluding hydrogens is 525 g/mol. The van der Waals surface area contributed by atoms with E-state index in [1.54, 1.807) is 36.4 Å². The van der Waals surface area contributed by atoms with E-state index in [4.69, 9.17) is 0 Å². The molecule has 0 spiro atoms. The topological polar surface area (TPSA) is 75.7 Å².